The molecule has 2 aromatic rings. The monoisotopic (exact) mass is 248 g/mol. The Morgan fingerprint density at radius 2 is 2.00 bits per heavy atom. The van der Waals surface area contributed by atoms with Gasteiger partial charge in [-0.1, -0.05) is 0 Å². The zero-order chi connectivity index (χ0) is 13.3. The number of nitrogens with two attached hydrogens (primary N) is 1. The Hall–Kier alpha value is -1.95. The number of nitrogen functional groups attached to an aromatic ring is 1. The summed E-state index contributed by atoms with van der Waals surface area (Å²) in [5.41, 5.74) is 6.54. The highest BCUT2D eigenvalue weighted by Crippen LogP contribution is 2.23. The van der Waals surface area contributed by atoms with E-state index in [0.29, 0.717) is 11.3 Å². The van der Waals surface area contributed by atoms with Crippen LogP contribution >= 0.6 is 0 Å². The number of nitrogens with one attached hydrogen (secondary N) is 1. The first-order valence-electron chi connectivity index (χ1n) is 5.79. The van der Waals surface area contributed by atoms with Gasteiger partial charge < -0.3 is 15.5 Å². The molecule has 0 saturated carbocycles. The summed E-state index contributed by atoms with van der Waals surface area (Å²) in [5.74, 6) is 0.124. The van der Waals surface area contributed by atoms with E-state index in [2.05, 4.69) is 15.0 Å². The van der Waals surface area contributed by atoms with Crippen molar-refractivity contribution < 1.29 is 4.74 Å². The van der Waals surface area contributed by atoms with Gasteiger partial charge in [-0.05, 0) is 26.8 Å². The van der Waals surface area contributed by atoms with E-state index in [4.69, 9.17) is 10.5 Å². The zero-order valence-electron chi connectivity index (χ0n) is 10.6. The maximum atomic E-state index is 11.3. The molecule has 2 aromatic heterocycles. The molecule has 1 atom stereocenters. The van der Waals surface area contributed by atoms with Crippen molar-refractivity contribution in [3.05, 3.63) is 28.2 Å². The van der Waals surface area contributed by atoms with Gasteiger partial charge in [0.25, 0.3) is 0 Å². The standard InChI is InChI=1S/C12H16N4O2/c1-6(2)18-7(3)10-8-4-5-9(17)14-11(8)16-12(13)15-10/h4-7H,1-3H3,(H3,13,14,15,16,17). The third-order valence-electron chi connectivity index (χ3n) is 2.50. The number of hydrogen-bond acceptors (Lipinski definition) is 5. The highest BCUT2D eigenvalue weighted by molar-refractivity contribution is 5.78. The molecule has 0 aliphatic rings. The van der Waals surface area contributed by atoms with Crippen molar-refractivity contribution in [1.82, 2.24) is 15.0 Å². The number of pyridine rings is 1. The van der Waals surface area contributed by atoms with Gasteiger partial charge in [-0.2, -0.15) is 4.98 Å². The van der Waals surface area contributed by atoms with Crippen molar-refractivity contribution in [3.63, 3.8) is 0 Å². The van der Waals surface area contributed by atoms with Crippen LogP contribution in [0.3, 0.4) is 0 Å². The normalized spacial score (nSPS) is 13.1. The van der Waals surface area contributed by atoms with Gasteiger partial charge in [0.2, 0.25) is 11.5 Å². The minimum atomic E-state index is -0.219. The van der Waals surface area contributed by atoms with E-state index in [1.165, 1.54) is 6.07 Å². The van der Waals surface area contributed by atoms with Crippen LogP contribution in [0.5, 0.6) is 0 Å². The number of ether oxygens (including phenoxy) is 1. The van der Waals surface area contributed by atoms with Crippen molar-refractivity contribution in [2.24, 2.45) is 0 Å². The second-order valence-electron chi connectivity index (χ2n) is 4.38. The van der Waals surface area contributed by atoms with Gasteiger partial charge in [0, 0.05) is 11.5 Å². The minimum absolute atomic E-state index is 0.0778. The van der Waals surface area contributed by atoms with E-state index in [0.717, 1.165) is 5.39 Å². The lowest BCUT2D eigenvalue weighted by Crippen LogP contribution is -2.13. The number of nitrogens with zero attached hydrogens (tertiary/aromatic N) is 2. The maximum absolute atomic E-state index is 11.3. The predicted octanol–water partition coefficient (Wildman–Crippen LogP) is 1.39. The van der Waals surface area contributed by atoms with Crippen LogP contribution in [-0.4, -0.2) is 21.1 Å². The fraction of sp³-hybridized carbons (Fsp3) is 0.417. The number of fused-ring (bicyclic) bond motifs is 1. The van der Waals surface area contributed by atoms with Crippen molar-refractivity contribution in [1.29, 1.82) is 0 Å². The van der Waals surface area contributed by atoms with Crippen LogP contribution in [0.25, 0.3) is 11.0 Å². The Morgan fingerprint density at radius 1 is 1.28 bits per heavy atom. The summed E-state index contributed by atoms with van der Waals surface area (Å²) < 4.78 is 5.69. The Kier molecular flexibility index (Phi) is 3.29. The van der Waals surface area contributed by atoms with Gasteiger partial charge >= 0.3 is 0 Å². The van der Waals surface area contributed by atoms with E-state index in [1.807, 2.05) is 20.8 Å². The molecule has 0 fully saturated rings. The molecule has 0 spiro atoms. The molecule has 18 heavy (non-hydrogen) atoms. The predicted molar refractivity (Wildman–Crippen MR) is 69.2 cm³/mol. The molecule has 0 aliphatic carbocycles. The third kappa shape index (κ3) is 2.48. The number of H-pyrrole nitrogens is 1. The number of hydrogen-bond donors (Lipinski definition) is 2. The highest BCUT2D eigenvalue weighted by atomic mass is 16.5. The first kappa shape index (κ1) is 12.5. The third-order valence-corrected chi connectivity index (χ3v) is 2.50. The first-order chi connectivity index (χ1) is 8.47. The first-order valence-corrected chi connectivity index (χ1v) is 5.79. The SMILES string of the molecule is CC(C)OC(C)c1nc(N)nc2[nH]c(=O)ccc12. The molecule has 96 valence electrons. The van der Waals surface area contributed by atoms with E-state index in [1.54, 1.807) is 6.07 Å². The lowest BCUT2D eigenvalue weighted by molar-refractivity contribution is 0.0164. The lowest BCUT2D eigenvalue weighted by Gasteiger charge is -2.17. The summed E-state index contributed by atoms with van der Waals surface area (Å²) >= 11 is 0. The summed E-state index contributed by atoms with van der Waals surface area (Å²) in [6.45, 7) is 5.79. The van der Waals surface area contributed by atoms with Crippen LogP contribution in [0.2, 0.25) is 0 Å². The molecular formula is C12H16N4O2. The molecule has 0 aliphatic heterocycles. The van der Waals surface area contributed by atoms with E-state index in [9.17, 15) is 4.79 Å². The molecule has 3 N–H and O–H groups in total. The molecule has 0 radical (unpaired) electrons. The molecule has 0 saturated heterocycles. The number of aromatic amines is 1. The van der Waals surface area contributed by atoms with Crippen LogP contribution in [-0.2, 0) is 4.74 Å². The van der Waals surface area contributed by atoms with Gasteiger partial charge in [0.05, 0.1) is 17.9 Å². The quantitative estimate of drug-likeness (QED) is 0.855. The minimum Gasteiger partial charge on any atom is -0.370 e. The second-order valence-corrected chi connectivity index (χ2v) is 4.38. The summed E-state index contributed by atoms with van der Waals surface area (Å²) in [4.78, 5) is 22.1. The van der Waals surface area contributed by atoms with Crippen molar-refractivity contribution in [3.8, 4) is 0 Å². The van der Waals surface area contributed by atoms with Gasteiger partial charge in [0.15, 0.2) is 0 Å². The summed E-state index contributed by atoms with van der Waals surface area (Å²) in [7, 11) is 0. The van der Waals surface area contributed by atoms with E-state index < -0.39 is 0 Å². The molecule has 0 bridgehead atoms. The smallest absolute Gasteiger partial charge is 0.249 e. The van der Waals surface area contributed by atoms with Crippen LogP contribution in [0.4, 0.5) is 5.95 Å². The summed E-state index contributed by atoms with van der Waals surface area (Å²) in [6, 6.07) is 3.12. The van der Waals surface area contributed by atoms with Crippen LogP contribution in [0.15, 0.2) is 16.9 Å². The Morgan fingerprint density at radius 3 is 2.67 bits per heavy atom. The molecule has 2 heterocycles. The average molecular weight is 248 g/mol. The molecular weight excluding hydrogens is 232 g/mol. The van der Waals surface area contributed by atoms with Crippen molar-refractivity contribution >= 4 is 17.0 Å². The molecule has 0 amide bonds. The molecule has 2 rings (SSSR count). The van der Waals surface area contributed by atoms with Crippen LogP contribution < -0.4 is 11.3 Å². The highest BCUT2D eigenvalue weighted by Gasteiger charge is 2.15. The number of anilines is 1. The Balaban J connectivity index is 2.59. The Labute approximate surface area is 104 Å². The maximum Gasteiger partial charge on any atom is 0.249 e. The summed E-state index contributed by atoms with van der Waals surface area (Å²) in [5, 5.41) is 0.747. The van der Waals surface area contributed by atoms with E-state index >= 15 is 0 Å². The molecule has 1 unspecified atom stereocenters. The number of rotatable bonds is 3. The zero-order valence-corrected chi connectivity index (χ0v) is 10.6. The molecule has 6 heteroatoms. The fourth-order valence-electron chi connectivity index (χ4n) is 1.86. The Bertz CT molecular complexity index is 621. The largest absolute Gasteiger partial charge is 0.370 e. The van der Waals surface area contributed by atoms with Crippen LogP contribution in [0, 0.1) is 0 Å². The van der Waals surface area contributed by atoms with E-state index in [-0.39, 0.29) is 23.7 Å². The molecule has 6 nitrogen and oxygen atoms in total. The molecule has 0 aromatic carbocycles. The van der Waals surface area contributed by atoms with Crippen LogP contribution in [0.1, 0.15) is 32.6 Å². The second kappa shape index (κ2) is 4.73. The van der Waals surface area contributed by atoms with Gasteiger partial charge in [0.1, 0.15) is 5.65 Å². The summed E-state index contributed by atoms with van der Waals surface area (Å²) in [6.07, 6.45) is -0.141. The van der Waals surface area contributed by atoms with Gasteiger partial charge in [-0.25, -0.2) is 4.98 Å². The van der Waals surface area contributed by atoms with Crippen molar-refractivity contribution in [2.75, 3.05) is 5.73 Å². The number of aromatic nitrogens is 3. The lowest BCUT2D eigenvalue weighted by atomic mass is 10.1. The van der Waals surface area contributed by atoms with Gasteiger partial charge in [-0.15, -0.1) is 0 Å². The fourth-order valence-corrected chi connectivity index (χ4v) is 1.86. The topological polar surface area (TPSA) is 93.9 Å². The average Bonchev–Trinajstić information content (AvgIpc) is 2.26. The van der Waals surface area contributed by atoms with Gasteiger partial charge in [-0.3, -0.25) is 4.79 Å². The van der Waals surface area contributed by atoms with Crippen molar-refractivity contribution in [2.45, 2.75) is 33.0 Å².